The van der Waals surface area contributed by atoms with E-state index in [0.29, 0.717) is 12.1 Å². The van der Waals surface area contributed by atoms with E-state index in [0.717, 1.165) is 5.75 Å². The third-order valence-electron chi connectivity index (χ3n) is 2.45. The van der Waals surface area contributed by atoms with Gasteiger partial charge < -0.3 is 4.74 Å². The summed E-state index contributed by atoms with van der Waals surface area (Å²) in [6.45, 7) is 8.61. The molecule has 0 saturated heterocycles. The van der Waals surface area contributed by atoms with Gasteiger partial charge in [0.05, 0.1) is 13.3 Å². The third-order valence-corrected chi connectivity index (χ3v) is 2.45. The number of hydrogen-bond acceptors (Lipinski definition) is 3. The van der Waals surface area contributed by atoms with Crippen LogP contribution in [0.1, 0.15) is 39.4 Å². The van der Waals surface area contributed by atoms with Crippen molar-refractivity contribution in [3.05, 3.63) is 29.8 Å². The van der Waals surface area contributed by atoms with Gasteiger partial charge in [-0.05, 0) is 45.4 Å². The molecule has 2 N–H and O–H groups in total. The van der Waals surface area contributed by atoms with Crippen LogP contribution < -0.4 is 15.4 Å². The fourth-order valence-electron chi connectivity index (χ4n) is 1.70. The molecule has 3 heteroatoms. The lowest BCUT2D eigenvalue weighted by molar-refractivity contribution is 0.374. The van der Waals surface area contributed by atoms with Crippen molar-refractivity contribution in [2.45, 2.75) is 45.9 Å². The Morgan fingerprint density at radius 2 is 1.35 bits per heavy atom. The van der Waals surface area contributed by atoms with E-state index < -0.39 is 0 Å². The van der Waals surface area contributed by atoms with Gasteiger partial charge in [-0.3, -0.25) is 10.6 Å². The molecule has 17 heavy (non-hydrogen) atoms. The SMILES string of the molecule is COc1ccc(C(NC(C)C)NC(C)C)cc1. The molecule has 0 bridgehead atoms. The molecule has 0 saturated carbocycles. The summed E-state index contributed by atoms with van der Waals surface area (Å²) in [5.41, 5.74) is 1.23. The summed E-state index contributed by atoms with van der Waals surface area (Å²) in [7, 11) is 1.69. The molecule has 0 radical (unpaired) electrons. The number of rotatable bonds is 6. The summed E-state index contributed by atoms with van der Waals surface area (Å²) in [5, 5.41) is 7.03. The first-order valence-electron chi connectivity index (χ1n) is 6.19. The number of hydrogen-bond donors (Lipinski definition) is 2. The minimum Gasteiger partial charge on any atom is -0.497 e. The van der Waals surface area contributed by atoms with E-state index in [1.165, 1.54) is 5.56 Å². The Labute approximate surface area is 105 Å². The highest BCUT2D eigenvalue weighted by atomic mass is 16.5. The Kier molecular flexibility index (Phi) is 5.45. The second-order valence-corrected chi connectivity index (χ2v) is 4.85. The molecule has 3 nitrogen and oxygen atoms in total. The number of benzene rings is 1. The lowest BCUT2D eigenvalue weighted by atomic mass is 10.1. The third kappa shape index (κ3) is 4.75. The van der Waals surface area contributed by atoms with Crippen molar-refractivity contribution in [2.75, 3.05) is 7.11 Å². The Bertz CT molecular complexity index is 309. The van der Waals surface area contributed by atoms with E-state index in [-0.39, 0.29) is 6.17 Å². The molecule has 96 valence electrons. The van der Waals surface area contributed by atoms with E-state index in [2.05, 4.69) is 50.5 Å². The van der Waals surface area contributed by atoms with Crippen LogP contribution in [0.5, 0.6) is 5.75 Å². The van der Waals surface area contributed by atoms with Gasteiger partial charge >= 0.3 is 0 Å². The Balaban J connectivity index is 2.79. The van der Waals surface area contributed by atoms with Gasteiger partial charge in [0.1, 0.15) is 5.75 Å². The first-order valence-corrected chi connectivity index (χ1v) is 6.19. The van der Waals surface area contributed by atoms with Gasteiger partial charge in [-0.2, -0.15) is 0 Å². The largest absolute Gasteiger partial charge is 0.497 e. The van der Waals surface area contributed by atoms with Crippen LogP contribution in [-0.2, 0) is 0 Å². The summed E-state index contributed by atoms with van der Waals surface area (Å²) in [4.78, 5) is 0. The van der Waals surface area contributed by atoms with Crippen LogP contribution in [-0.4, -0.2) is 19.2 Å². The van der Waals surface area contributed by atoms with Gasteiger partial charge in [0, 0.05) is 12.1 Å². The van der Waals surface area contributed by atoms with Crippen LogP contribution in [0, 0.1) is 0 Å². The molecule has 0 aliphatic carbocycles. The Morgan fingerprint density at radius 3 is 1.71 bits per heavy atom. The highest BCUT2D eigenvalue weighted by molar-refractivity contribution is 5.29. The predicted octanol–water partition coefficient (Wildman–Crippen LogP) is 2.69. The molecule has 1 aromatic rings. The topological polar surface area (TPSA) is 33.3 Å². The van der Waals surface area contributed by atoms with Gasteiger partial charge in [-0.15, -0.1) is 0 Å². The maximum Gasteiger partial charge on any atom is 0.118 e. The molecule has 1 rings (SSSR count). The molecule has 0 aliphatic heterocycles. The minimum atomic E-state index is 0.181. The molecule has 1 aromatic carbocycles. The molecular weight excluding hydrogens is 212 g/mol. The van der Waals surface area contributed by atoms with Crippen LogP contribution in [0.4, 0.5) is 0 Å². The maximum atomic E-state index is 5.17. The standard InChI is InChI=1S/C14H24N2O/c1-10(2)15-14(16-11(3)4)12-6-8-13(17-5)9-7-12/h6-11,14-16H,1-5H3. The summed E-state index contributed by atoms with van der Waals surface area (Å²) in [6.07, 6.45) is 0.181. The van der Waals surface area contributed by atoms with Gasteiger partial charge in [-0.25, -0.2) is 0 Å². The molecule has 0 atom stereocenters. The van der Waals surface area contributed by atoms with E-state index in [1.54, 1.807) is 7.11 Å². The lowest BCUT2D eigenvalue weighted by Crippen LogP contribution is -2.41. The highest BCUT2D eigenvalue weighted by Gasteiger charge is 2.12. The van der Waals surface area contributed by atoms with Gasteiger partial charge in [0.15, 0.2) is 0 Å². The smallest absolute Gasteiger partial charge is 0.118 e. The van der Waals surface area contributed by atoms with Crippen LogP contribution in [0.3, 0.4) is 0 Å². The first kappa shape index (κ1) is 14.0. The summed E-state index contributed by atoms with van der Waals surface area (Å²) in [6, 6.07) is 9.04. The average Bonchev–Trinajstić information content (AvgIpc) is 2.27. The zero-order valence-electron chi connectivity index (χ0n) is 11.4. The van der Waals surface area contributed by atoms with Crippen molar-refractivity contribution < 1.29 is 4.74 Å². The zero-order valence-corrected chi connectivity index (χ0v) is 11.4. The summed E-state index contributed by atoms with van der Waals surface area (Å²) >= 11 is 0. The van der Waals surface area contributed by atoms with E-state index in [9.17, 15) is 0 Å². The summed E-state index contributed by atoms with van der Waals surface area (Å²) in [5.74, 6) is 0.890. The fourth-order valence-corrected chi connectivity index (χ4v) is 1.70. The van der Waals surface area contributed by atoms with E-state index in [1.807, 2.05) is 12.1 Å². The number of methoxy groups -OCH3 is 1. The lowest BCUT2D eigenvalue weighted by Gasteiger charge is -2.25. The molecule has 0 spiro atoms. The van der Waals surface area contributed by atoms with Gasteiger partial charge in [0.25, 0.3) is 0 Å². The number of nitrogens with one attached hydrogen (secondary N) is 2. The van der Waals surface area contributed by atoms with Crippen molar-refractivity contribution in [1.82, 2.24) is 10.6 Å². The Morgan fingerprint density at radius 1 is 0.882 bits per heavy atom. The van der Waals surface area contributed by atoms with Gasteiger partial charge in [0.2, 0.25) is 0 Å². The monoisotopic (exact) mass is 236 g/mol. The minimum absolute atomic E-state index is 0.181. The molecule has 0 amide bonds. The van der Waals surface area contributed by atoms with Gasteiger partial charge in [-0.1, -0.05) is 12.1 Å². The van der Waals surface area contributed by atoms with Crippen molar-refractivity contribution in [3.8, 4) is 5.75 Å². The molecule has 0 aliphatic rings. The molecule has 0 fully saturated rings. The number of ether oxygens (including phenoxy) is 1. The first-order chi connectivity index (χ1) is 8.02. The summed E-state index contributed by atoms with van der Waals surface area (Å²) < 4.78 is 5.17. The van der Waals surface area contributed by atoms with E-state index in [4.69, 9.17) is 4.74 Å². The maximum absolute atomic E-state index is 5.17. The predicted molar refractivity (Wildman–Crippen MR) is 72.3 cm³/mol. The Hall–Kier alpha value is -1.06. The highest BCUT2D eigenvalue weighted by Crippen LogP contribution is 2.17. The van der Waals surface area contributed by atoms with Crippen molar-refractivity contribution in [2.24, 2.45) is 0 Å². The van der Waals surface area contributed by atoms with E-state index >= 15 is 0 Å². The van der Waals surface area contributed by atoms with Crippen LogP contribution in [0.2, 0.25) is 0 Å². The molecular formula is C14H24N2O. The quantitative estimate of drug-likeness (QED) is 0.745. The van der Waals surface area contributed by atoms with Crippen molar-refractivity contribution in [3.63, 3.8) is 0 Å². The fraction of sp³-hybridized carbons (Fsp3) is 0.571. The van der Waals surface area contributed by atoms with Crippen molar-refractivity contribution in [1.29, 1.82) is 0 Å². The normalized spacial score (nSPS) is 11.5. The molecule has 0 aromatic heterocycles. The van der Waals surface area contributed by atoms with Crippen LogP contribution in [0.25, 0.3) is 0 Å². The molecule has 0 unspecified atom stereocenters. The zero-order chi connectivity index (χ0) is 12.8. The van der Waals surface area contributed by atoms with Crippen molar-refractivity contribution >= 4 is 0 Å². The molecule has 0 heterocycles. The second-order valence-electron chi connectivity index (χ2n) is 4.85. The average molecular weight is 236 g/mol. The second kappa shape index (κ2) is 6.62. The van der Waals surface area contributed by atoms with Crippen LogP contribution in [0.15, 0.2) is 24.3 Å². The van der Waals surface area contributed by atoms with Crippen LogP contribution >= 0.6 is 0 Å².